The number of amides is 1. The normalized spacial score (nSPS) is 9.95. The smallest absolute Gasteiger partial charge is 0.293 e. The number of carbonyl (C=O) groups excluding carboxylic acids is 2. The standard InChI is InChI=1S/C14H12N2O4S/c1-8-9(13(18)19)4-2-5-10(8)15-14(21)16-12(17)11-6-3-7-20-11/h2-7H,1H3,(H,18,19)(H2,15,16,17,21)/p-1. The summed E-state index contributed by atoms with van der Waals surface area (Å²) in [5.41, 5.74) is 0.994. The van der Waals surface area contributed by atoms with Crippen LogP contribution in [-0.4, -0.2) is 17.0 Å². The number of rotatable bonds is 3. The summed E-state index contributed by atoms with van der Waals surface area (Å²) in [4.78, 5) is 22.7. The van der Waals surface area contributed by atoms with E-state index >= 15 is 0 Å². The summed E-state index contributed by atoms with van der Waals surface area (Å²) in [6, 6.07) is 7.71. The third-order valence-electron chi connectivity index (χ3n) is 2.77. The summed E-state index contributed by atoms with van der Waals surface area (Å²) in [5, 5.41) is 16.2. The highest BCUT2D eigenvalue weighted by Gasteiger charge is 2.11. The number of benzene rings is 1. The van der Waals surface area contributed by atoms with Crippen LogP contribution in [0, 0.1) is 6.92 Å². The second kappa shape index (κ2) is 6.19. The van der Waals surface area contributed by atoms with Crippen LogP contribution in [0.5, 0.6) is 0 Å². The van der Waals surface area contributed by atoms with E-state index in [1.165, 1.54) is 18.4 Å². The molecule has 0 spiro atoms. The van der Waals surface area contributed by atoms with E-state index in [0.29, 0.717) is 11.3 Å². The van der Waals surface area contributed by atoms with Crippen LogP contribution in [0.1, 0.15) is 26.5 Å². The molecule has 0 aliphatic rings. The molecule has 6 nitrogen and oxygen atoms in total. The van der Waals surface area contributed by atoms with Crippen molar-refractivity contribution >= 4 is 34.9 Å². The Kier molecular flexibility index (Phi) is 4.34. The van der Waals surface area contributed by atoms with Crippen LogP contribution >= 0.6 is 12.2 Å². The Balaban J connectivity index is 2.08. The molecule has 0 saturated carbocycles. The number of nitrogens with one attached hydrogen (secondary N) is 2. The third kappa shape index (κ3) is 3.46. The maximum absolute atomic E-state index is 11.7. The average Bonchev–Trinajstić information content (AvgIpc) is 2.94. The fraction of sp³-hybridized carbons (Fsp3) is 0.0714. The van der Waals surface area contributed by atoms with Gasteiger partial charge < -0.3 is 19.6 Å². The highest BCUT2D eigenvalue weighted by molar-refractivity contribution is 7.80. The van der Waals surface area contributed by atoms with Crippen LogP contribution in [0.2, 0.25) is 0 Å². The number of anilines is 1. The number of carboxylic acids is 1. The number of carboxylic acid groups (broad SMARTS) is 1. The summed E-state index contributed by atoms with van der Waals surface area (Å²) in [5.74, 6) is -1.65. The van der Waals surface area contributed by atoms with Gasteiger partial charge in [0.2, 0.25) is 0 Å². The topological polar surface area (TPSA) is 94.4 Å². The van der Waals surface area contributed by atoms with E-state index in [4.69, 9.17) is 16.6 Å². The molecule has 0 aliphatic carbocycles. The van der Waals surface area contributed by atoms with Gasteiger partial charge in [0.15, 0.2) is 10.9 Å². The molecule has 2 N–H and O–H groups in total. The van der Waals surface area contributed by atoms with E-state index < -0.39 is 11.9 Å². The summed E-state index contributed by atoms with van der Waals surface area (Å²) in [7, 11) is 0. The Morgan fingerprint density at radius 3 is 2.62 bits per heavy atom. The van der Waals surface area contributed by atoms with Crippen molar-refractivity contribution in [2.45, 2.75) is 6.92 Å². The summed E-state index contributed by atoms with van der Waals surface area (Å²) in [6.45, 7) is 1.62. The molecule has 2 rings (SSSR count). The van der Waals surface area contributed by atoms with E-state index in [2.05, 4.69) is 10.6 Å². The zero-order valence-corrected chi connectivity index (χ0v) is 11.8. The lowest BCUT2D eigenvalue weighted by molar-refractivity contribution is -0.255. The maximum Gasteiger partial charge on any atom is 0.293 e. The Labute approximate surface area is 125 Å². The molecule has 7 heteroatoms. The minimum absolute atomic E-state index is 0.0370. The van der Waals surface area contributed by atoms with Crippen molar-refractivity contribution in [3.63, 3.8) is 0 Å². The fourth-order valence-corrected chi connectivity index (χ4v) is 1.92. The van der Waals surface area contributed by atoms with Gasteiger partial charge in [0.1, 0.15) is 0 Å². The number of aromatic carboxylic acids is 1. The van der Waals surface area contributed by atoms with Crippen molar-refractivity contribution in [3.05, 3.63) is 53.5 Å². The molecule has 1 aromatic carbocycles. The van der Waals surface area contributed by atoms with Gasteiger partial charge in [-0.05, 0) is 42.9 Å². The third-order valence-corrected chi connectivity index (χ3v) is 2.98. The molecule has 1 amide bonds. The van der Waals surface area contributed by atoms with E-state index in [1.807, 2.05) is 0 Å². The molecule has 0 atom stereocenters. The van der Waals surface area contributed by atoms with Crippen LogP contribution in [0.15, 0.2) is 41.0 Å². The molecule has 108 valence electrons. The number of thiocarbonyl (C=S) groups is 1. The predicted octanol–water partition coefficient (Wildman–Crippen LogP) is 1.08. The molecule has 0 saturated heterocycles. The average molecular weight is 303 g/mol. The second-order valence-electron chi connectivity index (χ2n) is 4.15. The van der Waals surface area contributed by atoms with Gasteiger partial charge in [-0.15, -0.1) is 0 Å². The van der Waals surface area contributed by atoms with Gasteiger partial charge in [-0.25, -0.2) is 0 Å². The molecule has 0 unspecified atom stereocenters. The highest BCUT2D eigenvalue weighted by atomic mass is 32.1. The molecule has 1 heterocycles. The van der Waals surface area contributed by atoms with Gasteiger partial charge in [0.25, 0.3) is 5.91 Å². The number of carbonyl (C=O) groups is 2. The Morgan fingerprint density at radius 1 is 1.24 bits per heavy atom. The first-order chi connectivity index (χ1) is 9.99. The molecule has 21 heavy (non-hydrogen) atoms. The van der Waals surface area contributed by atoms with Crippen molar-refractivity contribution in [2.75, 3.05) is 5.32 Å². The van der Waals surface area contributed by atoms with Gasteiger partial charge in [0.05, 0.1) is 12.2 Å². The van der Waals surface area contributed by atoms with Crippen LogP contribution in [0.25, 0.3) is 0 Å². The largest absolute Gasteiger partial charge is 0.545 e. The second-order valence-corrected chi connectivity index (χ2v) is 4.56. The summed E-state index contributed by atoms with van der Waals surface area (Å²) >= 11 is 5.01. The SMILES string of the molecule is Cc1c(NC(=S)NC(=O)c2ccco2)cccc1C(=O)[O-]. The minimum Gasteiger partial charge on any atom is -0.545 e. The molecular formula is C14H11N2O4S-. The zero-order chi connectivity index (χ0) is 15.4. The van der Waals surface area contributed by atoms with Gasteiger partial charge in [-0.1, -0.05) is 12.1 Å². The lowest BCUT2D eigenvalue weighted by Gasteiger charge is -2.14. The lowest BCUT2D eigenvalue weighted by atomic mass is 10.1. The van der Waals surface area contributed by atoms with Crippen LogP contribution in [-0.2, 0) is 0 Å². The van der Waals surface area contributed by atoms with Crippen molar-refractivity contribution in [1.82, 2.24) is 5.32 Å². The van der Waals surface area contributed by atoms with Crippen LogP contribution in [0.3, 0.4) is 0 Å². The number of hydrogen-bond donors (Lipinski definition) is 2. The fourth-order valence-electron chi connectivity index (χ4n) is 1.72. The molecular weight excluding hydrogens is 292 g/mol. The van der Waals surface area contributed by atoms with E-state index in [0.717, 1.165) is 0 Å². The first-order valence-electron chi connectivity index (χ1n) is 5.96. The van der Waals surface area contributed by atoms with Gasteiger partial charge in [0, 0.05) is 11.3 Å². The molecule has 0 radical (unpaired) electrons. The van der Waals surface area contributed by atoms with Gasteiger partial charge in [-0.3, -0.25) is 10.1 Å². The number of furan rings is 1. The summed E-state index contributed by atoms with van der Waals surface area (Å²) in [6.07, 6.45) is 1.37. The summed E-state index contributed by atoms with van der Waals surface area (Å²) < 4.78 is 4.94. The first kappa shape index (κ1) is 14.7. The Bertz CT molecular complexity index is 695. The van der Waals surface area contributed by atoms with Crippen LogP contribution < -0.4 is 15.7 Å². The van der Waals surface area contributed by atoms with Crippen LogP contribution in [0.4, 0.5) is 5.69 Å². The molecule has 0 aliphatic heterocycles. The van der Waals surface area contributed by atoms with Crippen molar-refractivity contribution in [1.29, 1.82) is 0 Å². The minimum atomic E-state index is -1.28. The molecule has 0 fully saturated rings. The van der Waals surface area contributed by atoms with E-state index in [1.54, 1.807) is 25.1 Å². The first-order valence-corrected chi connectivity index (χ1v) is 6.36. The quantitative estimate of drug-likeness (QED) is 0.824. The zero-order valence-electron chi connectivity index (χ0n) is 11.0. The lowest BCUT2D eigenvalue weighted by Crippen LogP contribution is -2.34. The highest BCUT2D eigenvalue weighted by Crippen LogP contribution is 2.18. The Morgan fingerprint density at radius 2 is 2.00 bits per heavy atom. The number of hydrogen-bond acceptors (Lipinski definition) is 5. The van der Waals surface area contributed by atoms with Crippen molar-refractivity contribution in [2.24, 2.45) is 0 Å². The predicted molar refractivity (Wildman–Crippen MR) is 77.9 cm³/mol. The molecule has 2 aromatic rings. The molecule has 1 aromatic heterocycles. The van der Waals surface area contributed by atoms with Gasteiger partial charge >= 0.3 is 0 Å². The van der Waals surface area contributed by atoms with E-state index in [9.17, 15) is 14.7 Å². The van der Waals surface area contributed by atoms with E-state index in [-0.39, 0.29) is 16.4 Å². The van der Waals surface area contributed by atoms with Crippen molar-refractivity contribution < 1.29 is 19.1 Å². The monoisotopic (exact) mass is 303 g/mol. The Hall–Kier alpha value is -2.67. The van der Waals surface area contributed by atoms with Gasteiger partial charge in [-0.2, -0.15) is 0 Å². The molecule has 0 bridgehead atoms. The van der Waals surface area contributed by atoms with Crippen molar-refractivity contribution in [3.8, 4) is 0 Å². The maximum atomic E-state index is 11.7.